The van der Waals surface area contributed by atoms with Gasteiger partial charge in [0.05, 0.1) is 11.6 Å². The van der Waals surface area contributed by atoms with Gasteiger partial charge in [-0.15, -0.1) is 11.3 Å². The Morgan fingerprint density at radius 2 is 1.87 bits per heavy atom. The van der Waals surface area contributed by atoms with E-state index in [1.165, 1.54) is 28.4 Å². The number of aliphatic hydroxyl groups is 1. The third-order valence-electron chi connectivity index (χ3n) is 5.26. The molecule has 2 aliphatic heterocycles. The summed E-state index contributed by atoms with van der Waals surface area (Å²) in [6.07, 6.45) is 0. The summed E-state index contributed by atoms with van der Waals surface area (Å²) in [5, 5.41) is 12.9. The topological polar surface area (TPSA) is 76.1 Å². The van der Waals surface area contributed by atoms with E-state index in [4.69, 9.17) is 9.47 Å². The van der Waals surface area contributed by atoms with Crippen LogP contribution in [0.2, 0.25) is 0 Å². The molecule has 0 aliphatic carbocycles. The average Bonchev–Trinajstić information content (AvgIpc) is 3.51. The first-order valence-electron chi connectivity index (χ1n) is 9.49. The van der Waals surface area contributed by atoms with Crippen LogP contribution in [0.5, 0.6) is 11.5 Å². The lowest BCUT2D eigenvalue weighted by atomic mass is 9.99. The molecule has 6 nitrogen and oxygen atoms in total. The molecule has 1 unspecified atom stereocenters. The van der Waals surface area contributed by atoms with Crippen molar-refractivity contribution in [1.29, 1.82) is 0 Å². The molecular formula is C23H16FNO5S. The predicted octanol–water partition coefficient (Wildman–Crippen LogP) is 4.24. The second-order valence-corrected chi connectivity index (χ2v) is 8.12. The zero-order valence-corrected chi connectivity index (χ0v) is 16.9. The molecule has 1 atom stereocenters. The van der Waals surface area contributed by atoms with Crippen LogP contribution >= 0.6 is 11.3 Å². The number of rotatable bonds is 4. The summed E-state index contributed by atoms with van der Waals surface area (Å²) in [4.78, 5) is 28.1. The molecule has 3 aromatic rings. The van der Waals surface area contributed by atoms with Gasteiger partial charge in [-0.2, -0.15) is 0 Å². The van der Waals surface area contributed by atoms with E-state index in [0.29, 0.717) is 22.6 Å². The Labute approximate surface area is 180 Å². The van der Waals surface area contributed by atoms with E-state index < -0.39 is 17.7 Å². The summed E-state index contributed by atoms with van der Waals surface area (Å²) in [7, 11) is 0. The second kappa shape index (κ2) is 7.55. The van der Waals surface area contributed by atoms with Gasteiger partial charge in [0.15, 0.2) is 11.5 Å². The molecule has 2 aromatic carbocycles. The summed E-state index contributed by atoms with van der Waals surface area (Å²) < 4.78 is 24.0. The van der Waals surface area contributed by atoms with Crippen LogP contribution in [0.3, 0.4) is 0 Å². The van der Waals surface area contributed by atoms with E-state index in [9.17, 15) is 19.1 Å². The number of benzene rings is 2. The zero-order chi connectivity index (χ0) is 21.5. The van der Waals surface area contributed by atoms with Crippen molar-refractivity contribution in [1.82, 2.24) is 4.90 Å². The van der Waals surface area contributed by atoms with E-state index in [1.54, 1.807) is 30.3 Å². The van der Waals surface area contributed by atoms with Gasteiger partial charge in [0.1, 0.15) is 11.6 Å². The number of thiophene rings is 1. The molecule has 8 heteroatoms. The van der Waals surface area contributed by atoms with Crippen molar-refractivity contribution in [2.75, 3.05) is 6.79 Å². The molecule has 1 saturated heterocycles. The van der Waals surface area contributed by atoms with Crippen LogP contribution in [0, 0.1) is 5.82 Å². The number of hydrogen-bond donors (Lipinski definition) is 1. The Morgan fingerprint density at radius 1 is 1.10 bits per heavy atom. The largest absolute Gasteiger partial charge is 0.507 e. The van der Waals surface area contributed by atoms with Gasteiger partial charge in [0.2, 0.25) is 6.79 Å². The molecule has 31 heavy (non-hydrogen) atoms. The molecule has 1 N–H and O–H groups in total. The number of aliphatic hydroxyl groups excluding tert-OH is 1. The molecule has 0 bridgehead atoms. The van der Waals surface area contributed by atoms with E-state index in [1.807, 2.05) is 17.5 Å². The first kappa shape index (κ1) is 19.3. The number of Topliss-reactive ketones (excluding diaryl/α,β-unsaturated/α-hetero) is 1. The SMILES string of the molecule is O=C1C(=O)N(Cc2ccc(F)cc2)C(c2cccs2)/C1=C(/O)c1ccc2c(c1)OCO2. The molecule has 3 heterocycles. The van der Waals surface area contributed by atoms with Gasteiger partial charge in [-0.1, -0.05) is 18.2 Å². The molecule has 156 valence electrons. The number of carbonyl (C=O) groups is 2. The van der Waals surface area contributed by atoms with Crippen LogP contribution in [0.4, 0.5) is 4.39 Å². The standard InChI is InChI=1S/C23H16FNO5S/c24-15-6-3-13(4-7-15)11-25-20(18-2-1-9-31-18)19(22(27)23(25)28)21(26)14-5-8-16-17(10-14)30-12-29-16/h1-10,20,26H,11-12H2/b21-19-. The Bertz CT molecular complexity index is 1200. The van der Waals surface area contributed by atoms with Gasteiger partial charge in [0, 0.05) is 17.0 Å². The van der Waals surface area contributed by atoms with Crippen LogP contribution in [0.25, 0.3) is 5.76 Å². The predicted molar refractivity (Wildman–Crippen MR) is 111 cm³/mol. The van der Waals surface area contributed by atoms with Crippen molar-refractivity contribution in [2.45, 2.75) is 12.6 Å². The summed E-state index contributed by atoms with van der Waals surface area (Å²) in [6, 6.07) is 13.5. The van der Waals surface area contributed by atoms with Gasteiger partial charge in [-0.25, -0.2) is 4.39 Å². The van der Waals surface area contributed by atoms with Gasteiger partial charge < -0.3 is 19.5 Å². The number of hydrogen-bond acceptors (Lipinski definition) is 6. The Kier molecular flexibility index (Phi) is 4.71. The van der Waals surface area contributed by atoms with Gasteiger partial charge >= 0.3 is 0 Å². The maximum atomic E-state index is 13.3. The fourth-order valence-electron chi connectivity index (χ4n) is 3.77. The fourth-order valence-corrected chi connectivity index (χ4v) is 4.62. The number of likely N-dealkylation sites (tertiary alicyclic amines) is 1. The van der Waals surface area contributed by atoms with E-state index >= 15 is 0 Å². The number of fused-ring (bicyclic) bond motifs is 1. The van der Waals surface area contributed by atoms with Crippen molar-refractivity contribution in [2.24, 2.45) is 0 Å². The molecule has 0 radical (unpaired) electrons. The Hall–Kier alpha value is -3.65. The highest BCUT2D eigenvalue weighted by atomic mass is 32.1. The first-order valence-corrected chi connectivity index (χ1v) is 10.4. The van der Waals surface area contributed by atoms with Gasteiger partial charge in [0.25, 0.3) is 11.7 Å². The highest BCUT2D eigenvalue weighted by Gasteiger charge is 2.46. The van der Waals surface area contributed by atoms with Crippen molar-refractivity contribution in [3.8, 4) is 11.5 Å². The maximum absolute atomic E-state index is 13.3. The highest BCUT2D eigenvalue weighted by Crippen LogP contribution is 2.43. The summed E-state index contributed by atoms with van der Waals surface area (Å²) in [5.74, 6) is -1.15. The molecule has 1 amide bonds. The highest BCUT2D eigenvalue weighted by molar-refractivity contribution is 7.10. The summed E-state index contributed by atoms with van der Waals surface area (Å²) in [5.41, 5.74) is 1.03. The summed E-state index contributed by atoms with van der Waals surface area (Å²) >= 11 is 1.38. The van der Waals surface area contributed by atoms with Crippen LogP contribution in [-0.4, -0.2) is 28.5 Å². The molecule has 5 rings (SSSR count). The van der Waals surface area contributed by atoms with Crippen molar-refractivity contribution < 1.29 is 28.6 Å². The van der Waals surface area contributed by atoms with Crippen molar-refractivity contribution in [3.63, 3.8) is 0 Å². The molecule has 1 fully saturated rings. The second-order valence-electron chi connectivity index (χ2n) is 7.14. The molecule has 1 aromatic heterocycles. The summed E-state index contributed by atoms with van der Waals surface area (Å²) in [6.45, 7) is 0.183. The minimum absolute atomic E-state index is 0.00780. The van der Waals surface area contributed by atoms with E-state index in [-0.39, 0.29) is 30.5 Å². The number of ether oxygens (including phenoxy) is 2. The van der Waals surface area contributed by atoms with Crippen LogP contribution < -0.4 is 9.47 Å². The van der Waals surface area contributed by atoms with E-state index in [0.717, 1.165) is 4.88 Å². The molecule has 0 spiro atoms. The molecule has 2 aliphatic rings. The minimum Gasteiger partial charge on any atom is -0.507 e. The monoisotopic (exact) mass is 437 g/mol. The van der Waals surface area contributed by atoms with Crippen molar-refractivity contribution >= 4 is 28.8 Å². The number of nitrogens with zero attached hydrogens (tertiary/aromatic N) is 1. The van der Waals surface area contributed by atoms with Gasteiger partial charge in [-0.3, -0.25) is 9.59 Å². The van der Waals surface area contributed by atoms with Crippen LogP contribution in [0.15, 0.2) is 65.6 Å². The quantitative estimate of drug-likeness (QED) is 0.375. The average molecular weight is 437 g/mol. The smallest absolute Gasteiger partial charge is 0.295 e. The maximum Gasteiger partial charge on any atom is 0.295 e. The Balaban J connectivity index is 1.60. The normalized spacial score (nSPS) is 19.3. The minimum atomic E-state index is -0.768. The molecular weight excluding hydrogens is 421 g/mol. The Morgan fingerprint density at radius 3 is 2.61 bits per heavy atom. The number of halogens is 1. The van der Waals surface area contributed by atoms with Crippen LogP contribution in [-0.2, 0) is 16.1 Å². The van der Waals surface area contributed by atoms with Crippen LogP contribution in [0.1, 0.15) is 22.0 Å². The number of amides is 1. The first-order chi connectivity index (χ1) is 15.0. The van der Waals surface area contributed by atoms with Gasteiger partial charge in [-0.05, 0) is 47.3 Å². The lowest BCUT2D eigenvalue weighted by Gasteiger charge is -2.24. The number of ketones is 1. The number of carbonyl (C=O) groups excluding carboxylic acids is 2. The lowest BCUT2D eigenvalue weighted by Crippen LogP contribution is -2.28. The fraction of sp³-hybridized carbons (Fsp3) is 0.130. The van der Waals surface area contributed by atoms with E-state index in [2.05, 4.69) is 0 Å². The van der Waals surface area contributed by atoms with Crippen molar-refractivity contribution in [3.05, 3.63) is 87.4 Å². The third kappa shape index (κ3) is 3.34. The third-order valence-corrected chi connectivity index (χ3v) is 6.19. The molecule has 0 saturated carbocycles. The lowest BCUT2D eigenvalue weighted by molar-refractivity contribution is -0.140. The zero-order valence-electron chi connectivity index (χ0n) is 16.1.